The summed E-state index contributed by atoms with van der Waals surface area (Å²) in [5.41, 5.74) is 0.736. The van der Waals surface area contributed by atoms with E-state index in [4.69, 9.17) is 9.47 Å². The lowest BCUT2D eigenvalue weighted by Crippen LogP contribution is -2.18. The predicted molar refractivity (Wildman–Crippen MR) is 74.4 cm³/mol. The number of amides is 1. The van der Waals surface area contributed by atoms with Crippen molar-refractivity contribution in [2.75, 3.05) is 18.5 Å². The molecule has 19 heavy (non-hydrogen) atoms. The minimum absolute atomic E-state index is 0.0220. The first-order valence-electron chi connectivity index (χ1n) is 6.78. The Bertz CT molecular complexity index is 425. The van der Waals surface area contributed by atoms with E-state index in [1.165, 1.54) is 0 Å². The summed E-state index contributed by atoms with van der Waals surface area (Å²) in [6.45, 7) is 5.41. The Morgan fingerprint density at radius 2 is 2.26 bits per heavy atom. The maximum Gasteiger partial charge on any atom is 0.224 e. The highest BCUT2D eigenvalue weighted by Crippen LogP contribution is 2.26. The molecule has 1 heterocycles. The molecular weight excluding hydrogens is 242 g/mol. The fraction of sp³-hybridized carbons (Fsp3) is 0.533. The molecule has 1 unspecified atom stereocenters. The molecule has 0 spiro atoms. The van der Waals surface area contributed by atoms with E-state index in [2.05, 4.69) is 5.32 Å². The molecule has 0 aliphatic carbocycles. The highest BCUT2D eigenvalue weighted by molar-refractivity contribution is 5.92. The Morgan fingerprint density at radius 1 is 1.47 bits per heavy atom. The first-order valence-corrected chi connectivity index (χ1v) is 6.78. The zero-order valence-electron chi connectivity index (χ0n) is 11.5. The molecule has 1 atom stereocenters. The third kappa shape index (κ3) is 4.24. The van der Waals surface area contributed by atoms with E-state index < -0.39 is 0 Å². The van der Waals surface area contributed by atoms with Crippen LogP contribution in [0.1, 0.15) is 26.7 Å². The number of carbonyl (C=O) groups is 1. The first kappa shape index (κ1) is 13.9. The van der Waals surface area contributed by atoms with Crippen molar-refractivity contribution in [1.29, 1.82) is 0 Å². The number of hydrogen-bond donors (Lipinski definition) is 1. The molecule has 1 N–H and O–H groups in total. The van der Waals surface area contributed by atoms with E-state index in [0.717, 1.165) is 24.5 Å². The number of nitrogens with one attached hydrogen (secondary N) is 1. The highest BCUT2D eigenvalue weighted by atomic mass is 16.5. The van der Waals surface area contributed by atoms with Gasteiger partial charge in [-0.15, -0.1) is 0 Å². The summed E-state index contributed by atoms with van der Waals surface area (Å²) >= 11 is 0. The molecule has 1 fully saturated rings. The van der Waals surface area contributed by atoms with Crippen molar-refractivity contribution >= 4 is 11.6 Å². The monoisotopic (exact) mass is 263 g/mol. The lowest BCUT2D eigenvalue weighted by atomic mass is 10.1. The average Bonchev–Trinajstić information content (AvgIpc) is 2.83. The molecule has 0 saturated carbocycles. The first-order chi connectivity index (χ1) is 9.15. The van der Waals surface area contributed by atoms with Gasteiger partial charge in [0.15, 0.2) is 0 Å². The molecule has 1 aromatic rings. The van der Waals surface area contributed by atoms with Crippen molar-refractivity contribution in [3.8, 4) is 5.75 Å². The number of rotatable bonds is 5. The van der Waals surface area contributed by atoms with E-state index in [9.17, 15) is 4.79 Å². The maximum atomic E-state index is 11.8. The second kappa shape index (κ2) is 6.57. The summed E-state index contributed by atoms with van der Waals surface area (Å²) in [5.74, 6) is 1.08. The van der Waals surface area contributed by atoms with Gasteiger partial charge in [0.05, 0.1) is 18.9 Å². The van der Waals surface area contributed by atoms with Crippen molar-refractivity contribution < 1.29 is 14.3 Å². The topological polar surface area (TPSA) is 47.6 Å². The molecule has 0 radical (unpaired) electrons. The van der Waals surface area contributed by atoms with Gasteiger partial charge in [-0.2, -0.15) is 0 Å². The quantitative estimate of drug-likeness (QED) is 0.888. The van der Waals surface area contributed by atoms with Crippen LogP contribution in [0.3, 0.4) is 0 Å². The van der Waals surface area contributed by atoms with Gasteiger partial charge in [-0.05, 0) is 18.1 Å². The summed E-state index contributed by atoms with van der Waals surface area (Å²) < 4.78 is 11.2. The number of para-hydroxylation sites is 2. The average molecular weight is 263 g/mol. The minimum atomic E-state index is 0.0220. The van der Waals surface area contributed by atoms with Gasteiger partial charge < -0.3 is 14.8 Å². The summed E-state index contributed by atoms with van der Waals surface area (Å²) in [6, 6.07) is 7.54. The van der Waals surface area contributed by atoms with Gasteiger partial charge in [-0.25, -0.2) is 0 Å². The number of ether oxygens (including phenoxy) is 2. The molecule has 1 amide bonds. The van der Waals surface area contributed by atoms with Crippen molar-refractivity contribution in [3.63, 3.8) is 0 Å². The molecule has 1 saturated heterocycles. The molecule has 0 aromatic heterocycles. The number of anilines is 1. The van der Waals surface area contributed by atoms with Gasteiger partial charge >= 0.3 is 0 Å². The van der Waals surface area contributed by atoms with E-state index in [0.29, 0.717) is 18.9 Å². The van der Waals surface area contributed by atoms with E-state index in [1.54, 1.807) is 0 Å². The SMILES string of the molecule is CC(C)CC(=O)Nc1ccccc1OC1CCOC1. The van der Waals surface area contributed by atoms with E-state index in [1.807, 2.05) is 38.1 Å². The van der Waals surface area contributed by atoms with Crippen molar-refractivity contribution in [2.45, 2.75) is 32.8 Å². The third-order valence-corrected chi connectivity index (χ3v) is 2.94. The third-order valence-electron chi connectivity index (χ3n) is 2.94. The molecule has 1 aliphatic rings. The molecule has 104 valence electrons. The summed E-state index contributed by atoms with van der Waals surface area (Å²) in [6.07, 6.45) is 1.50. The largest absolute Gasteiger partial charge is 0.486 e. The van der Waals surface area contributed by atoms with Crippen LogP contribution in [0.5, 0.6) is 5.75 Å². The Hall–Kier alpha value is -1.55. The van der Waals surface area contributed by atoms with Crippen LogP contribution in [0, 0.1) is 5.92 Å². The normalized spacial score (nSPS) is 18.6. The Balaban J connectivity index is 2.00. The zero-order valence-corrected chi connectivity index (χ0v) is 11.5. The Morgan fingerprint density at radius 3 is 2.95 bits per heavy atom. The molecule has 2 rings (SSSR count). The Labute approximate surface area is 114 Å². The van der Waals surface area contributed by atoms with Crippen LogP contribution in [0.15, 0.2) is 24.3 Å². The van der Waals surface area contributed by atoms with Crippen LogP contribution in [-0.4, -0.2) is 25.2 Å². The molecule has 4 heteroatoms. The minimum Gasteiger partial charge on any atom is -0.486 e. The summed E-state index contributed by atoms with van der Waals surface area (Å²) in [7, 11) is 0. The number of benzene rings is 1. The lowest BCUT2D eigenvalue weighted by molar-refractivity contribution is -0.116. The van der Waals surface area contributed by atoms with Gasteiger partial charge in [0.1, 0.15) is 11.9 Å². The van der Waals surface area contributed by atoms with E-state index >= 15 is 0 Å². The van der Waals surface area contributed by atoms with Gasteiger partial charge in [-0.3, -0.25) is 4.79 Å². The Kier molecular flexibility index (Phi) is 4.80. The maximum absolute atomic E-state index is 11.8. The second-order valence-corrected chi connectivity index (χ2v) is 5.25. The van der Waals surface area contributed by atoms with Crippen molar-refractivity contribution in [3.05, 3.63) is 24.3 Å². The van der Waals surface area contributed by atoms with Gasteiger partial charge in [0.25, 0.3) is 0 Å². The standard InChI is InChI=1S/C15H21NO3/c1-11(2)9-15(17)16-13-5-3-4-6-14(13)19-12-7-8-18-10-12/h3-6,11-12H,7-10H2,1-2H3,(H,16,17). The molecule has 1 aromatic carbocycles. The van der Waals surface area contributed by atoms with Gasteiger partial charge in [0, 0.05) is 12.8 Å². The van der Waals surface area contributed by atoms with Crippen LogP contribution in [-0.2, 0) is 9.53 Å². The van der Waals surface area contributed by atoms with Crippen LogP contribution < -0.4 is 10.1 Å². The molecule has 4 nitrogen and oxygen atoms in total. The molecular formula is C15H21NO3. The van der Waals surface area contributed by atoms with Crippen molar-refractivity contribution in [1.82, 2.24) is 0 Å². The van der Waals surface area contributed by atoms with Gasteiger partial charge in [-0.1, -0.05) is 26.0 Å². The second-order valence-electron chi connectivity index (χ2n) is 5.25. The van der Waals surface area contributed by atoms with Crippen LogP contribution >= 0.6 is 0 Å². The smallest absolute Gasteiger partial charge is 0.224 e. The van der Waals surface area contributed by atoms with Gasteiger partial charge in [0.2, 0.25) is 5.91 Å². The van der Waals surface area contributed by atoms with Crippen LogP contribution in [0.25, 0.3) is 0 Å². The summed E-state index contributed by atoms with van der Waals surface area (Å²) in [5, 5.41) is 2.91. The highest BCUT2D eigenvalue weighted by Gasteiger charge is 2.19. The zero-order chi connectivity index (χ0) is 13.7. The van der Waals surface area contributed by atoms with Crippen molar-refractivity contribution in [2.24, 2.45) is 5.92 Å². The summed E-state index contributed by atoms with van der Waals surface area (Å²) in [4.78, 5) is 11.8. The number of hydrogen-bond acceptors (Lipinski definition) is 3. The number of carbonyl (C=O) groups excluding carboxylic acids is 1. The fourth-order valence-corrected chi connectivity index (χ4v) is 2.03. The van der Waals surface area contributed by atoms with Crippen LogP contribution in [0.4, 0.5) is 5.69 Å². The molecule has 0 bridgehead atoms. The fourth-order valence-electron chi connectivity index (χ4n) is 2.03. The lowest BCUT2D eigenvalue weighted by Gasteiger charge is -2.16. The predicted octanol–water partition coefficient (Wildman–Crippen LogP) is 2.84. The molecule has 1 aliphatic heterocycles. The van der Waals surface area contributed by atoms with Crippen LogP contribution in [0.2, 0.25) is 0 Å². The van der Waals surface area contributed by atoms with E-state index in [-0.39, 0.29) is 12.0 Å².